The maximum absolute atomic E-state index is 12.7. The number of alkyl halides is 2. The number of halogens is 2. The highest BCUT2D eigenvalue weighted by Gasteiger charge is 2.10. The number of aromatic nitrogens is 4. The van der Waals surface area contributed by atoms with Crippen molar-refractivity contribution in [1.82, 2.24) is 19.7 Å². The highest BCUT2D eigenvalue weighted by molar-refractivity contribution is 5.70. The van der Waals surface area contributed by atoms with E-state index in [-0.39, 0.29) is 11.6 Å². The summed E-state index contributed by atoms with van der Waals surface area (Å²) in [6.45, 7) is 4.79. The molecule has 1 aromatic carbocycles. The summed E-state index contributed by atoms with van der Waals surface area (Å²) in [6.07, 6.45) is 2.46. The quantitative estimate of drug-likeness (QED) is 0.756. The van der Waals surface area contributed by atoms with E-state index in [0.29, 0.717) is 0 Å². The minimum absolute atomic E-state index is 0.147. The fraction of sp³-hybridized carbons (Fsp3) is 0.235. The van der Waals surface area contributed by atoms with Crippen LogP contribution < -0.4 is 5.32 Å². The predicted molar refractivity (Wildman–Crippen MR) is 88.3 cm³/mol. The Bertz CT molecular complexity index is 845. The number of anilines is 2. The van der Waals surface area contributed by atoms with Crippen LogP contribution in [-0.2, 0) is 6.54 Å². The molecule has 0 saturated heterocycles. The summed E-state index contributed by atoms with van der Waals surface area (Å²) >= 11 is 0. The monoisotopic (exact) mass is 329 g/mol. The van der Waals surface area contributed by atoms with Crippen molar-refractivity contribution in [3.8, 4) is 11.1 Å². The van der Waals surface area contributed by atoms with Crippen molar-refractivity contribution in [2.45, 2.75) is 26.8 Å². The Morgan fingerprint density at radius 1 is 1.21 bits per heavy atom. The first-order chi connectivity index (χ1) is 11.5. The molecule has 2 heterocycles. The summed E-state index contributed by atoms with van der Waals surface area (Å²) in [5.74, 6) is 0.147. The van der Waals surface area contributed by atoms with Gasteiger partial charge < -0.3 is 5.32 Å². The Morgan fingerprint density at radius 2 is 2.04 bits per heavy atom. The molecule has 3 rings (SSSR count). The molecule has 0 bridgehead atoms. The molecule has 24 heavy (non-hydrogen) atoms. The van der Waals surface area contributed by atoms with Gasteiger partial charge in [0.1, 0.15) is 5.69 Å². The number of nitrogens with one attached hydrogen (secondary N) is 1. The van der Waals surface area contributed by atoms with Gasteiger partial charge in [-0.2, -0.15) is 5.10 Å². The zero-order chi connectivity index (χ0) is 17.1. The minimum Gasteiger partial charge on any atom is -0.324 e. The summed E-state index contributed by atoms with van der Waals surface area (Å²) in [6, 6.07) is 7.07. The lowest BCUT2D eigenvalue weighted by Crippen LogP contribution is -2.00. The summed E-state index contributed by atoms with van der Waals surface area (Å²) in [5.41, 5.74) is 3.45. The number of hydrogen-bond donors (Lipinski definition) is 1. The van der Waals surface area contributed by atoms with Gasteiger partial charge in [-0.3, -0.25) is 4.68 Å². The SMILES string of the molecule is CCn1cc(-c2cc(C)cc(Nc3nccc(C(F)F)n3)c2)cn1. The van der Waals surface area contributed by atoms with E-state index in [9.17, 15) is 8.78 Å². The molecule has 124 valence electrons. The topological polar surface area (TPSA) is 55.6 Å². The Hall–Kier alpha value is -2.83. The first-order valence-electron chi connectivity index (χ1n) is 7.58. The number of benzene rings is 1. The van der Waals surface area contributed by atoms with E-state index >= 15 is 0 Å². The molecule has 1 N–H and O–H groups in total. The van der Waals surface area contributed by atoms with Crippen molar-refractivity contribution in [3.63, 3.8) is 0 Å². The van der Waals surface area contributed by atoms with Crippen molar-refractivity contribution in [2.24, 2.45) is 0 Å². The third kappa shape index (κ3) is 3.56. The van der Waals surface area contributed by atoms with Gasteiger partial charge in [0.15, 0.2) is 0 Å². The minimum atomic E-state index is -2.62. The first-order valence-corrected chi connectivity index (χ1v) is 7.58. The van der Waals surface area contributed by atoms with Crippen LogP contribution in [0.25, 0.3) is 11.1 Å². The fourth-order valence-corrected chi connectivity index (χ4v) is 2.39. The Kier molecular flexibility index (Phi) is 4.50. The molecule has 7 heteroatoms. The van der Waals surface area contributed by atoms with Gasteiger partial charge in [-0.25, -0.2) is 18.7 Å². The molecule has 0 saturated carbocycles. The van der Waals surface area contributed by atoms with E-state index in [4.69, 9.17) is 0 Å². The van der Waals surface area contributed by atoms with Crippen molar-refractivity contribution < 1.29 is 8.78 Å². The van der Waals surface area contributed by atoms with Crippen molar-refractivity contribution in [2.75, 3.05) is 5.32 Å². The molecule has 0 spiro atoms. The van der Waals surface area contributed by atoms with Gasteiger partial charge in [-0.1, -0.05) is 6.07 Å². The van der Waals surface area contributed by atoms with E-state index < -0.39 is 6.43 Å². The van der Waals surface area contributed by atoms with E-state index in [1.807, 2.05) is 42.9 Å². The van der Waals surface area contributed by atoms with E-state index in [0.717, 1.165) is 28.9 Å². The molecular formula is C17H17F2N5. The van der Waals surface area contributed by atoms with Crippen LogP contribution in [0.2, 0.25) is 0 Å². The molecule has 2 aromatic heterocycles. The largest absolute Gasteiger partial charge is 0.324 e. The molecule has 5 nitrogen and oxygen atoms in total. The van der Waals surface area contributed by atoms with Crippen molar-refractivity contribution in [1.29, 1.82) is 0 Å². The Morgan fingerprint density at radius 3 is 2.75 bits per heavy atom. The molecule has 3 aromatic rings. The van der Waals surface area contributed by atoms with Crippen LogP contribution in [-0.4, -0.2) is 19.7 Å². The van der Waals surface area contributed by atoms with Crippen LogP contribution in [0.3, 0.4) is 0 Å². The smallest absolute Gasteiger partial charge is 0.280 e. The molecule has 0 radical (unpaired) electrons. The lowest BCUT2D eigenvalue weighted by molar-refractivity contribution is 0.146. The van der Waals surface area contributed by atoms with E-state index in [2.05, 4.69) is 20.4 Å². The molecule has 0 amide bonds. The second kappa shape index (κ2) is 6.74. The van der Waals surface area contributed by atoms with Gasteiger partial charge in [0, 0.05) is 30.2 Å². The summed E-state index contributed by atoms with van der Waals surface area (Å²) in [7, 11) is 0. The third-order valence-corrected chi connectivity index (χ3v) is 3.52. The third-order valence-electron chi connectivity index (χ3n) is 3.52. The Labute approximate surface area is 138 Å². The summed E-state index contributed by atoms with van der Waals surface area (Å²) in [5, 5.41) is 7.26. The predicted octanol–water partition coefficient (Wildman–Crippen LogP) is 4.35. The number of rotatable bonds is 5. The lowest BCUT2D eigenvalue weighted by Gasteiger charge is -2.09. The van der Waals surface area contributed by atoms with Crippen LogP contribution in [0.1, 0.15) is 24.6 Å². The van der Waals surface area contributed by atoms with Gasteiger partial charge in [0.05, 0.1) is 6.20 Å². The van der Waals surface area contributed by atoms with Gasteiger partial charge >= 0.3 is 0 Å². The average molecular weight is 329 g/mol. The molecule has 0 aliphatic heterocycles. The zero-order valence-electron chi connectivity index (χ0n) is 13.4. The van der Waals surface area contributed by atoms with E-state index in [1.165, 1.54) is 12.3 Å². The van der Waals surface area contributed by atoms with Crippen LogP contribution in [0.15, 0.2) is 42.9 Å². The van der Waals surface area contributed by atoms with Gasteiger partial charge in [0.25, 0.3) is 6.43 Å². The van der Waals surface area contributed by atoms with Crippen LogP contribution in [0, 0.1) is 6.92 Å². The standard InChI is InChI=1S/C17H17F2N5/c1-3-24-10-13(9-21-24)12-6-11(2)7-14(8-12)22-17-20-5-4-15(23-17)16(18)19/h4-10,16H,3H2,1-2H3,(H,20,22,23). The van der Waals surface area contributed by atoms with E-state index in [1.54, 1.807) is 6.20 Å². The molecule has 0 fully saturated rings. The average Bonchev–Trinajstić information content (AvgIpc) is 3.03. The Balaban J connectivity index is 1.90. The fourth-order valence-electron chi connectivity index (χ4n) is 2.39. The van der Waals surface area contributed by atoms with Gasteiger partial charge in [-0.15, -0.1) is 0 Å². The maximum atomic E-state index is 12.7. The van der Waals surface area contributed by atoms with Crippen LogP contribution in [0.5, 0.6) is 0 Å². The first kappa shape index (κ1) is 16.0. The second-order valence-electron chi connectivity index (χ2n) is 5.40. The van der Waals surface area contributed by atoms with Gasteiger partial charge in [-0.05, 0) is 43.2 Å². The zero-order valence-corrected chi connectivity index (χ0v) is 13.4. The maximum Gasteiger partial charge on any atom is 0.280 e. The van der Waals surface area contributed by atoms with Crippen molar-refractivity contribution >= 4 is 11.6 Å². The molecule has 0 atom stereocenters. The van der Waals surface area contributed by atoms with Gasteiger partial charge in [0.2, 0.25) is 5.95 Å². The van der Waals surface area contributed by atoms with Crippen LogP contribution in [0.4, 0.5) is 20.4 Å². The molecule has 0 aliphatic carbocycles. The normalized spacial score (nSPS) is 11.0. The summed E-state index contributed by atoms with van der Waals surface area (Å²) < 4.78 is 27.3. The van der Waals surface area contributed by atoms with Crippen LogP contribution >= 0.6 is 0 Å². The molecular weight excluding hydrogens is 312 g/mol. The second-order valence-corrected chi connectivity index (χ2v) is 5.40. The lowest BCUT2D eigenvalue weighted by atomic mass is 10.1. The molecule has 0 unspecified atom stereocenters. The number of hydrogen-bond acceptors (Lipinski definition) is 4. The number of aryl methyl sites for hydroxylation is 2. The van der Waals surface area contributed by atoms with Crippen molar-refractivity contribution in [3.05, 3.63) is 54.1 Å². The number of nitrogens with zero attached hydrogens (tertiary/aromatic N) is 4. The highest BCUT2D eigenvalue weighted by atomic mass is 19.3. The highest BCUT2D eigenvalue weighted by Crippen LogP contribution is 2.26. The molecule has 0 aliphatic rings. The summed E-state index contributed by atoms with van der Waals surface area (Å²) in [4.78, 5) is 7.82.